The zero-order valence-corrected chi connectivity index (χ0v) is 23.8. The van der Waals surface area contributed by atoms with E-state index >= 15 is 4.39 Å². The van der Waals surface area contributed by atoms with Gasteiger partial charge in [-0.2, -0.15) is 0 Å². The number of anilines is 2. The van der Waals surface area contributed by atoms with Crippen molar-refractivity contribution >= 4 is 52.3 Å². The van der Waals surface area contributed by atoms with Gasteiger partial charge in [0.05, 0.1) is 11.1 Å². The van der Waals surface area contributed by atoms with Crippen molar-refractivity contribution in [2.45, 2.75) is 43.7 Å². The summed E-state index contributed by atoms with van der Waals surface area (Å²) in [5.41, 5.74) is 4.97. The van der Waals surface area contributed by atoms with Gasteiger partial charge in [-0.05, 0) is 65.4 Å². The molecular weight excluding hydrogens is 570 g/mol. The van der Waals surface area contributed by atoms with Gasteiger partial charge in [0.2, 0.25) is 17.7 Å². The van der Waals surface area contributed by atoms with Crippen LogP contribution in [-0.4, -0.2) is 41.5 Å². The van der Waals surface area contributed by atoms with Crippen molar-refractivity contribution in [1.29, 1.82) is 0 Å². The van der Waals surface area contributed by atoms with Gasteiger partial charge in [0.15, 0.2) is 0 Å². The summed E-state index contributed by atoms with van der Waals surface area (Å²) < 4.78 is 15.8. The molecule has 0 aromatic heterocycles. The van der Waals surface area contributed by atoms with E-state index in [2.05, 4.69) is 16.0 Å². The molecule has 3 amide bonds. The van der Waals surface area contributed by atoms with E-state index in [9.17, 15) is 19.5 Å². The average molecular weight is 599 g/mol. The quantitative estimate of drug-likeness (QED) is 0.271. The third kappa shape index (κ3) is 4.97. The Hall–Kier alpha value is -3.50. The summed E-state index contributed by atoms with van der Waals surface area (Å²) in [4.78, 5) is 39.6. The van der Waals surface area contributed by atoms with E-state index in [1.165, 1.54) is 36.4 Å². The number of hydrogen-bond acceptors (Lipinski definition) is 5. The molecule has 1 fully saturated rings. The minimum Gasteiger partial charge on any atom is -0.396 e. The fraction of sp³-hybridized carbons (Fsp3) is 0.300. The van der Waals surface area contributed by atoms with Crippen LogP contribution in [0.3, 0.4) is 0 Å². The molecule has 2 aliphatic rings. The molecule has 2 aliphatic heterocycles. The number of aliphatic hydroxyl groups is 1. The molecule has 214 valence electrons. The standard InChI is InChI=1S/C30H29Cl2FN4O4/c1-29(2,14-38)13-22-30(19-11-8-16(31)12-21(19)36-28(30)41)23(18-4-3-5-20(32)24(18)33)25(37-22)27(40)35-17-9-6-15(7-10-17)26(34)39/h3-12,22-23,25,37-38H,13-14H2,1-2H3,(H2,34,39)(H,35,40)(H,36,41)/t22-,23+,25+,30?/m0/s1. The highest BCUT2D eigenvalue weighted by molar-refractivity contribution is 6.31. The molecule has 11 heteroatoms. The molecule has 6 N–H and O–H groups in total. The number of nitrogens with two attached hydrogens (primary N) is 1. The highest BCUT2D eigenvalue weighted by Gasteiger charge is 2.66. The van der Waals surface area contributed by atoms with Crippen LogP contribution in [0.25, 0.3) is 0 Å². The Morgan fingerprint density at radius 3 is 2.49 bits per heavy atom. The minimum absolute atomic E-state index is 0.0940. The summed E-state index contributed by atoms with van der Waals surface area (Å²) in [5, 5.41) is 19.5. The molecule has 5 rings (SSSR count). The number of nitrogens with one attached hydrogen (secondary N) is 3. The molecule has 0 radical (unpaired) electrons. The number of amides is 3. The third-order valence-corrected chi connectivity index (χ3v) is 8.55. The van der Waals surface area contributed by atoms with Gasteiger partial charge >= 0.3 is 0 Å². The molecule has 0 aliphatic carbocycles. The first-order valence-corrected chi connectivity index (χ1v) is 13.8. The smallest absolute Gasteiger partial charge is 0.248 e. The second-order valence-corrected chi connectivity index (χ2v) is 12.1. The van der Waals surface area contributed by atoms with Crippen LogP contribution in [0.5, 0.6) is 0 Å². The van der Waals surface area contributed by atoms with Crippen molar-refractivity contribution < 1.29 is 23.9 Å². The van der Waals surface area contributed by atoms with Gasteiger partial charge in [-0.15, -0.1) is 0 Å². The lowest BCUT2D eigenvalue weighted by Crippen LogP contribution is -2.50. The monoisotopic (exact) mass is 598 g/mol. The SMILES string of the molecule is CC(C)(CO)C[C@@H]1N[C@@H](C(=O)Nc2ccc(C(N)=O)cc2)[C@@H](c2cccc(Cl)c2F)C12C(=O)Nc1cc(Cl)ccc12. The number of benzene rings is 3. The van der Waals surface area contributed by atoms with E-state index < -0.39 is 52.4 Å². The predicted molar refractivity (Wildman–Crippen MR) is 156 cm³/mol. The highest BCUT2D eigenvalue weighted by Crippen LogP contribution is 2.57. The number of halogens is 3. The molecular formula is C30H29Cl2FN4O4. The third-order valence-electron chi connectivity index (χ3n) is 8.03. The van der Waals surface area contributed by atoms with Crippen molar-refractivity contribution in [1.82, 2.24) is 5.32 Å². The number of rotatable bonds is 7. The Bertz CT molecular complexity index is 1550. The Morgan fingerprint density at radius 1 is 1.12 bits per heavy atom. The van der Waals surface area contributed by atoms with Gasteiger partial charge in [-0.3, -0.25) is 14.4 Å². The van der Waals surface area contributed by atoms with E-state index in [0.29, 0.717) is 22.0 Å². The summed E-state index contributed by atoms with van der Waals surface area (Å²) >= 11 is 12.5. The lowest BCUT2D eigenvalue weighted by Gasteiger charge is -2.38. The lowest BCUT2D eigenvalue weighted by atomic mass is 9.62. The molecule has 0 bridgehead atoms. The molecule has 3 aromatic carbocycles. The Balaban J connectivity index is 1.69. The number of carbonyl (C=O) groups is 3. The van der Waals surface area contributed by atoms with E-state index in [1.54, 1.807) is 24.3 Å². The van der Waals surface area contributed by atoms with Crippen molar-refractivity contribution in [2.75, 3.05) is 17.2 Å². The number of carbonyl (C=O) groups excluding carboxylic acids is 3. The Morgan fingerprint density at radius 2 is 1.83 bits per heavy atom. The molecule has 41 heavy (non-hydrogen) atoms. The summed E-state index contributed by atoms with van der Waals surface area (Å²) in [6, 6.07) is 13.7. The maximum absolute atomic E-state index is 15.8. The van der Waals surface area contributed by atoms with E-state index in [-0.39, 0.29) is 29.2 Å². The van der Waals surface area contributed by atoms with Crippen LogP contribution in [0.15, 0.2) is 60.7 Å². The number of aliphatic hydroxyl groups excluding tert-OH is 1. The first kappa shape index (κ1) is 29.0. The van der Waals surface area contributed by atoms with Gasteiger partial charge in [0, 0.05) is 40.5 Å². The maximum Gasteiger partial charge on any atom is 0.248 e. The normalized spacial score (nSPS) is 23.4. The van der Waals surface area contributed by atoms with Gasteiger partial charge in [0.1, 0.15) is 11.2 Å². The molecule has 3 aromatic rings. The molecule has 2 heterocycles. The van der Waals surface area contributed by atoms with Crippen LogP contribution in [-0.2, 0) is 15.0 Å². The van der Waals surface area contributed by atoms with Gasteiger partial charge < -0.3 is 26.8 Å². The topological polar surface area (TPSA) is 134 Å². The fourth-order valence-electron chi connectivity index (χ4n) is 6.09. The summed E-state index contributed by atoms with van der Waals surface area (Å²) in [7, 11) is 0. The Labute approximate surface area is 246 Å². The van der Waals surface area contributed by atoms with Crippen molar-refractivity contribution in [3.05, 3.63) is 93.2 Å². The van der Waals surface area contributed by atoms with Crippen molar-refractivity contribution in [3.63, 3.8) is 0 Å². The summed E-state index contributed by atoms with van der Waals surface area (Å²) in [6.07, 6.45) is 0.273. The minimum atomic E-state index is -1.46. The predicted octanol–water partition coefficient (Wildman–Crippen LogP) is 4.59. The molecule has 4 atom stereocenters. The van der Waals surface area contributed by atoms with Crippen LogP contribution in [0.4, 0.5) is 15.8 Å². The van der Waals surface area contributed by atoms with Crippen LogP contribution in [0, 0.1) is 11.2 Å². The molecule has 1 saturated heterocycles. The van der Waals surface area contributed by atoms with Crippen molar-refractivity contribution in [2.24, 2.45) is 11.1 Å². The maximum atomic E-state index is 15.8. The number of fused-ring (bicyclic) bond motifs is 2. The first-order valence-electron chi connectivity index (χ1n) is 13.0. The second-order valence-electron chi connectivity index (χ2n) is 11.3. The van der Waals surface area contributed by atoms with Crippen molar-refractivity contribution in [3.8, 4) is 0 Å². The zero-order valence-electron chi connectivity index (χ0n) is 22.3. The van der Waals surface area contributed by atoms with Gasteiger partial charge in [0.25, 0.3) is 0 Å². The highest BCUT2D eigenvalue weighted by atomic mass is 35.5. The lowest BCUT2D eigenvalue weighted by molar-refractivity contribution is -0.122. The van der Waals surface area contributed by atoms with Gasteiger partial charge in [-0.1, -0.05) is 55.2 Å². The second kappa shape index (κ2) is 10.7. The number of primary amides is 1. The van der Waals surface area contributed by atoms with E-state index in [4.69, 9.17) is 28.9 Å². The zero-order chi connectivity index (χ0) is 29.7. The van der Waals surface area contributed by atoms with E-state index in [0.717, 1.165) is 0 Å². The summed E-state index contributed by atoms with van der Waals surface area (Å²) in [5.74, 6) is -3.35. The van der Waals surface area contributed by atoms with Crippen LogP contribution >= 0.6 is 23.2 Å². The molecule has 1 unspecified atom stereocenters. The molecule has 0 saturated carbocycles. The number of hydrogen-bond donors (Lipinski definition) is 5. The van der Waals surface area contributed by atoms with Crippen LogP contribution in [0.2, 0.25) is 10.0 Å². The Kier molecular flexibility index (Phi) is 7.59. The fourth-order valence-corrected chi connectivity index (χ4v) is 6.45. The van der Waals surface area contributed by atoms with Crippen LogP contribution < -0.4 is 21.7 Å². The van der Waals surface area contributed by atoms with Crippen LogP contribution in [0.1, 0.15) is 47.7 Å². The van der Waals surface area contributed by atoms with E-state index in [1.807, 2.05) is 13.8 Å². The summed E-state index contributed by atoms with van der Waals surface area (Å²) in [6.45, 7) is 3.51. The average Bonchev–Trinajstić information content (AvgIpc) is 3.40. The largest absolute Gasteiger partial charge is 0.396 e. The molecule has 1 spiro atoms. The first-order chi connectivity index (χ1) is 19.4. The molecule has 8 nitrogen and oxygen atoms in total. The van der Waals surface area contributed by atoms with Gasteiger partial charge in [-0.25, -0.2) is 4.39 Å².